The first kappa shape index (κ1) is 16.0. The summed E-state index contributed by atoms with van der Waals surface area (Å²) in [4.78, 5) is 11.6. The number of carbonyl (C=O) groups excluding carboxylic acids is 1. The maximum Gasteiger partial charge on any atom is 0.339 e. The number of rotatable bonds is 4. The summed E-state index contributed by atoms with van der Waals surface area (Å²) in [6, 6.07) is 11.3. The molecule has 5 nitrogen and oxygen atoms in total. The summed E-state index contributed by atoms with van der Waals surface area (Å²) >= 11 is 0. The third kappa shape index (κ3) is 3.28. The molecule has 0 saturated heterocycles. The van der Waals surface area contributed by atoms with Gasteiger partial charge in [0.1, 0.15) is 4.90 Å². The van der Waals surface area contributed by atoms with Gasteiger partial charge in [0.15, 0.2) is 0 Å². The number of hydrogen-bond acceptors (Lipinski definition) is 4. The van der Waals surface area contributed by atoms with E-state index in [0.29, 0.717) is 5.69 Å². The van der Waals surface area contributed by atoms with E-state index in [-0.39, 0.29) is 10.5 Å². The van der Waals surface area contributed by atoms with Crippen molar-refractivity contribution in [1.82, 2.24) is 0 Å². The van der Waals surface area contributed by atoms with Crippen molar-refractivity contribution < 1.29 is 17.9 Å². The van der Waals surface area contributed by atoms with Gasteiger partial charge in [-0.1, -0.05) is 29.8 Å². The predicted molar refractivity (Wildman–Crippen MR) is 84.5 cm³/mol. The first-order chi connectivity index (χ1) is 10.3. The highest BCUT2D eigenvalue weighted by Gasteiger charge is 2.23. The molecule has 22 heavy (non-hydrogen) atoms. The van der Waals surface area contributed by atoms with E-state index in [1.54, 1.807) is 18.2 Å². The number of nitrogens with one attached hydrogen (secondary N) is 1. The zero-order chi connectivity index (χ0) is 16.3. The molecule has 6 heteroatoms. The third-order valence-electron chi connectivity index (χ3n) is 3.21. The Labute approximate surface area is 130 Å². The number of ether oxygens (including phenoxy) is 1. The minimum Gasteiger partial charge on any atom is -0.465 e. The molecule has 0 fully saturated rings. The quantitative estimate of drug-likeness (QED) is 0.880. The number of esters is 1. The van der Waals surface area contributed by atoms with Gasteiger partial charge in [0.05, 0.1) is 18.4 Å². The molecule has 0 atom stereocenters. The maximum absolute atomic E-state index is 12.6. The molecule has 1 N–H and O–H groups in total. The van der Waals surface area contributed by atoms with Crippen LogP contribution in [-0.2, 0) is 14.8 Å². The summed E-state index contributed by atoms with van der Waals surface area (Å²) in [5.41, 5.74) is 2.32. The van der Waals surface area contributed by atoms with Gasteiger partial charge < -0.3 is 4.74 Å². The zero-order valence-electron chi connectivity index (χ0n) is 12.6. The molecular formula is C16H17NO4S. The summed E-state index contributed by atoms with van der Waals surface area (Å²) in [7, 11) is -2.67. The molecule has 2 rings (SSSR count). The van der Waals surface area contributed by atoms with Crippen LogP contribution in [0.5, 0.6) is 0 Å². The van der Waals surface area contributed by atoms with Crippen molar-refractivity contribution in [3.05, 3.63) is 59.2 Å². The van der Waals surface area contributed by atoms with Crippen LogP contribution < -0.4 is 4.72 Å². The molecule has 0 radical (unpaired) electrons. The lowest BCUT2D eigenvalue weighted by atomic mass is 10.1. The van der Waals surface area contributed by atoms with E-state index in [9.17, 15) is 13.2 Å². The Morgan fingerprint density at radius 3 is 2.41 bits per heavy atom. The molecule has 0 bridgehead atoms. The summed E-state index contributed by atoms with van der Waals surface area (Å²) in [6.07, 6.45) is 0. The Morgan fingerprint density at radius 1 is 1.09 bits per heavy atom. The highest BCUT2D eigenvalue weighted by molar-refractivity contribution is 7.92. The fourth-order valence-electron chi connectivity index (χ4n) is 2.11. The van der Waals surface area contributed by atoms with Crippen LogP contribution in [0.1, 0.15) is 21.5 Å². The van der Waals surface area contributed by atoms with E-state index >= 15 is 0 Å². The number of hydrogen-bond donors (Lipinski definition) is 1. The van der Waals surface area contributed by atoms with Crippen molar-refractivity contribution in [3.8, 4) is 0 Å². The van der Waals surface area contributed by atoms with Gasteiger partial charge in [-0.05, 0) is 37.6 Å². The highest BCUT2D eigenvalue weighted by Crippen LogP contribution is 2.23. The number of methoxy groups -OCH3 is 1. The average Bonchev–Trinajstić information content (AvgIpc) is 2.49. The molecule has 2 aromatic carbocycles. The minimum absolute atomic E-state index is 0.00210. The van der Waals surface area contributed by atoms with Crippen LogP contribution in [-0.4, -0.2) is 21.5 Å². The number of carbonyl (C=O) groups is 1. The van der Waals surface area contributed by atoms with Crippen molar-refractivity contribution in [1.29, 1.82) is 0 Å². The number of benzene rings is 2. The first-order valence-corrected chi connectivity index (χ1v) is 8.11. The van der Waals surface area contributed by atoms with Crippen LogP contribution in [0.25, 0.3) is 0 Å². The smallest absolute Gasteiger partial charge is 0.339 e. The highest BCUT2D eigenvalue weighted by atomic mass is 32.2. The fourth-order valence-corrected chi connectivity index (χ4v) is 3.43. The lowest BCUT2D eigenvalue weighted by Gasteiger charge is -2.13. The third-order valence-corrected chi connectivity index (χ3v) is 4.63. The zero-order valence-corrected chi connectivity index (χ0v) is 13.4. The van der Waals surface area contributed by atoms with E-state index in [2.05, 4.69) is 9.46 Å². The second kappa shape index (κ2) is 6.19. The Morgan fingerprint density at radius 2 is 1.77 bits per heavy atom. The van der Waals surface area contributed by atoms with Crippen LogP contribution in [0.4, 0.5) is 5.69 Å². The molecule has 0 saturated carbocycles. The van der Waals surface area contributed by atoms with E-state index in [4.69, 9.17) is 0 Å². The van der Waals surface area contributed by atoms with E-state index in [0.717, 1.165) is 11.1 Å². The summed E-state index contributed by atoms with van der Waals surface area (Å²) in [5.74, 6) is -0.693. The molecule has 0 aliphatic carbocycles. The second-order valence-electron chi connectivity index (χ2n) is 4.91. The molecular weight excluding hydrogens is 302 g/mol. The SMILES string of the molecule is COC(=O)c1ccccc1S(=O)(=O)Nc1ccc(C)cc1C. The Bertz CT molecular complexity index is 813. The number of aryl methyl sites for hydroxylation is 2. The van der Waals surface area contributed by atoms with Crippen molar-refractivity contribution in [2.24, 2.45) is 0 Å². The lowest BCUT2D eigenvalue weighted by molar-refractivity contribution is 0.0596. The van der Waals surface area contributed by atoms with Gasteiger partial charge in [-0.2, -0.15) is 0 Å². The van der Waals surface area contributed by atoms with Gasteiger partial charge in [0, 0.05) is 0 Å². The summed E-state index contributed by atoms with van der Waals surface area (Å²) < 4.78 is 32.3. The maximum atomic E-state index is 12.6. The van der Waals surface area contributed by atoms with Crippen molar-refractivity contribution in [2.45, 2.75) is 18.7 Å². The molecule has 0 aliphatic heterocycles. The first-order valence-electron chi connectivity index (χ1n) is 6.62. The van der Waals surface area contributed by atoms with Crippen LogP contribution in [0.3, 0.4) is 0 Å². The summed E-state index contributed by atoms with van der Waals surface area (Å²) in [6.45, 7) is 3.74. The molecule has 0 amide bonds. The Hall–Kier alpha value is -2.34. The van der Waals surface area contributed by atoms with Gasteiger partial charge in [-0.3, -0.25) is 4.72 Å². The van der Waals surface area contributed by atoms with Gasteiger partial charge in [-0.15, -0.1) is 0 Å². The molecule has 0 spiro atoms. The number of sulfonamides is 1. The molecule has 0 unspecified atom stereocenters. The van der Waals surface area contributed by atoms with Crippen LogP contribution >= 0.6 is 0 Å². The molecule has 0 aliphatic rings. The Balaban J connectivity index is 2.45. The number of anilines is 1. The molecule has 0 aromatic heterocycles. The van der Waals surface area contributed by atoms with Crippen LogP contribution in [0, 0.1) is 13.8 Å². The molecule has 0 heterocycles. The fraction of sp³-hybridized carbons (Fsp3) is 0.188. The Kier molecular flexibility index (Phi) is 4.51. The van der Waals surface area contributed by atoms with Crippen LogP contribution in [0.2, 0.25) is 0 Å². The largest absolute Gasteiger partial charge is 0.465 e. The monoisotopic (exact) mass is 319 g/mol. The van der Waals surface area contributed by atoms with Crippen molar-refractivity contribution in [3.63, 3.8) is 0 Å². The topological polar surface area (TPSA) is 72.5 Å². The molecule has 116 valence electrons. The molecule has 2 aromatic rings. The van der Waals surface area contributed by atoms with E-state index < -0.39 is 16.0 Å². The van der Waals surface area contributed by atoms with Gasteiger partial charge >= 0.3 is 5.97 Å². The predicted octanol–water partition coefficient (Wildman–Crippen LogP) is 2.89. The van der Waals surface area contributed by atoms with Gasteiger partial charge in [0.25, 0.3) is 10.0 Å². The van der Waals surface area contributed by atoms with Gasteiger partial charge in [0.2, 0.25) is 0 Å². The van der Waals surface area contributed by atoms with E-state index in [1.165, 1.54) is 19.2 Å². The minimum atomic E-state index is -3.89. The van der Waals surface area contributed by atoms with Crippen molar-refractivity contribution in [2.75, 3.05) is 11.8 Å². The van der Waals surface area contributed by atoms with Gasteiger partial charge in [-0.25, -0.2) is 13.2 Å². The second-order valence-corrected chi connectivity index (χ2v) is 6.56. The van der Waals surface area contributed by atoms with E-state index in [1.807, 2.05) is 26.0 Å². The summed E-state index contributed by atoms with van der Waals surface area (Å²) in [5, 5.41) is 0. The van der Waals surface area contributed by atoms with Crippen molar-refractivity contribution >= 4 is 21.7 Å². The lowest BCUT2D eigenvalue weighted by Crippen LogP contribution is -2.18. The standard InChI is InChI=1S/C16H17NO4S/c1-11-8-9-14(12(2)10-11)17-22(19,20)15-7-5-4-6-13(15)16(18)21-3/h4-10,17H,1-3H3. The van der Waals surface area contributed by atoms with Crippen LogP contribution in [0.15, 0.2) is 47.4 Å². The normalized spacial score (nSPS) is 11.0. The average molecular weight is 319 g/mol.